The van der Waals surface area contributed by atoms with E-state index in [9.17, 15) is 14.4 Å². The summed E-state index contributed by atoms with van der Waals surface area (Å²) in [5, 5.41) is 0. The van der Waals surface area contributed by atoms with Crippen molar-refractivity contribution >= 4 is 17.3 Å². The molecule has 1 aliphatic rings. The molecule has 0 N–H and O–H groups in total. The van der Waals surface area contributed by atoms with Crippen molar-refractivity contribution in [1.29, 1.82) is 0 Å². The zero-order valence-electron chi connectivity index (χ0n) is 8.71. The van der Waals surface area contributed by atoms with Gasteiger partial charge in [0.25, 0.3) is 0 Å². The molecule has 0 aliphatic heterocycles. The van der Waals surface area contributed by atoms with Crippen LogP contribution in [0.25, 0.3) is 0 Å². The third-order valence-corrected chi connectivity index (χ3v) is 2.72. The van der Waals surface area contributed by atoms with Gasteiger partial charge < -0.3 is 0 Å². The van der Waals surface area contributed by atoms with Gasteiger partial charge in [0.1, 0.15) is 11.6 Å². The molecule has 1 fully saturated rings. The Morgan fingerprint density at radius 2 is 2.07 bits per heavy atom. The van der Waals surface area contributed by atoms with Crippen molar-refractivity contribution in [1.82, 2.24) is 0 Å². The predicted octanol–water partition coefficient (Wildman–Crippen LogP) is 1.54. The van der Waals surface area contributed by atoms with E-state index in [0.717, 1.165) is 6.42 Å². The Morgan fingerprint density at radius 3 is 2.64 bits per heavy atom. The fourth-order valence-corrected chi connectivity index (χ4v) is 1.89. The van der Waals surface area contributed by atoms with E-state index >= 15 is 0 Å². The maximum absolute atomic E-state index is 11.5. The maximum atomic E-state index is 11.5. The standard InChI is InChI=1S/C11H16O3/c1-7-3-4-10(13)9(5-7)11(14)6-8(2)12/h7,9H,3-6H2,1-2H3. The molecule has 78 valence electrons. The van der Waals surface area contributed by atoms with Crippen LogP contribution in [0.15, 0.2) is 0 Å². The number of carbonyl (C=O) groups is 3. The summed E-state index contributed by atoms with van der Waals surface area (Å²) in [7, 11) is 0. The van der Waals surface area contributed by atoms with E-state index in [1.54, 1.807) is 0 Å². The Balaban J connectivity index is 2.60. The van der Waals surface area contributed by atoms with Crippen LogP contribution in [0.2, 0.25) is 0 Å². The van der Waals surface area contributed by atoms with E-state index in [1.165, 1.54) is 6.92 Å². The first-order valence-electron chi connectivity index (χ1n) is 5.05. The van der Waals surface area contributed by atoms with Crippen molar-refractivity contribution in [2.75, 3.05) is 0 Å². The number of Topliss-reactive ketones (excluding diaryl/α,β-unsaturated/α-hetero) is 3. The molecule has 2 atom stereocenters. The predicted molar refractivity (Wildman–Crippen MR) is 51.8 cm³/mol. The second-order valence-corrected chi connectivity index (χ2v) is 4.24. The Kier molecular flexibility index (Phi) is 3.55. The molecule has 14 heavy (non-hydrogen) atoms. The zero-order chi connectivity index (χ0) is 10.7. The summed E-state index contributed by atoms with van der Waals surface area (Å²) >= 11 is 0. The van der Waals surface area contributed by atoms with E-state index < -0.39 is 5.92 Å². The van der Waals surface area contributed by atoms with Crippen LogP contribution in [0.3, 0.4) is 0 Å². The molecule has 0 aromatic rings. The Morgan fingerprint density at radius 1 is 1.43 bits per heavy atom. The highest BCUT2D eigenvalue weighted by atomic mass is 16.2. The minimum absolute atomic E-state index is 0.0225. The molecular formula is C11H16O3. The molecule has 0 amide bonds. The summed E-state index contributed by atoms with van der Waals surface area (Å²) < 4.78 is 0. The van der Waals surface area contributed by atoms with Crippen molar-refractivity contribution in [2.24, 2.45) is 11.8 Å². The van der Waals surface area contributed by atoms with Crippen molar-refractivity contribution in [3.05, 3.63) is 0 Å². The van der Waals surface area contributed by atoms with Gasteiger partial charge in [0.2, 0.25) is 0 Å². The van der Waals surface area contributed by atoms with Gasteiger partial charge in [0.15, 0.2) is 5.78 Å². The third kappa shape index (κ3) is 2.76. The smallest absolute Gasteiger partial charge is 0.150 e. The number of hydrogen-bond donors (Lipinski definition) is 0. The summed E-state index contributed by atoms with van der Waals surface area (Å²) in [6.45, 7) is 3.43. The number of ketones is 3. The molecule has 0 bridgehead atoms. The summed E-state index contributed by atoms with van der Waals surface area (Å²) in [6, 6.07) is 0. The second-order valence-electron chi connectivity index (χ2n) is 4.24. The average molecular weight is 196 g/mol. The van der Waals surface area contributed by atoms with E-state index in [1.807, 2.05) is 6.92 Å². The minimum Gasteiger partial charge on any atom is -0.300 e. The summed E-state index contributed by atoms with van der Waals surface area (Å²) in [4.78, 5) is 33.7. The molecule has 1 aliphatic carbocycles. The molecule has 3 nitrogen and oxygen atoms in total. The zero-order valence-corrected chi connectivity index (χ0v) is 8.71. The molecule has 0 heterocycles. The van der Waals surface area contributed by atoms with Crippen LogP contribution in [0.5, 0.6) is 0 Å². The van der Waals surface area contributed by atoms with Crippen LogP contribution in [-0.4, -0.2) is 17.3 Å². The lowest BCUT2D eigenvalue weighted by atomic mass is 9.78. The van der Waals surface area contributed by atoms with Gasteiger partial charge in [-0.25, -0.2) is 0 Å². The first kappa shape index (κ1) is 11.1. The van der Waals surface area contributed by atoms with Crippen molar-refractivity contribution < 1.29 is 14.4 Å². The van der Waals surface area contributed by atoms with Crippen LogP contribution in [-0.2, 0) is 14.4 Å². The normalized spacial score (nSPS) is 27.4. The molecule has 0 saturated heterocycles. The SMILES string of the molecule is CC(=O)CC(=O)C1CC(C)CCC1=O. The Hall–Kier alpha value is -0.990. The molecule has 2 unspecified atom stereocenters. The van der Waals surface area contributed by atoms with Crippen molar-refractivity contribution in [3.8, 4) is 0 Å². The van der Waals surface area contributed by atoms with Crippen molar-refractivity contribution in [2.45, 2.75) is 39.5 Å². The highest BCUT2D eigenvalue weighted by molar-refractivity contribution is 6.09. The summed E-state index contributed by atoms with van der Waals surface area (Å²) in [5.74, 6) is -0.388. The Labute approximate surface area is 83.9 Å². The van der Waals surface area contributed by atoms with E-state index in [4.69, 9.17) is 0 Å². The van der Waals surface area contributed by atoms with Crippen LogP contribution in [0.4, 0.5) is 0 Å². The van der Waals surface area contributed by atoms with E-state index in [2.05, 4.69) is 0 Å². The number of rotatable bonds is 3. The number of hydrogen-bond acceptors (Lipinski definition) is 3. The molecule has 0 radical (unpaired) electrons. The lowest BCUT2D eigenvalue weighted by Gasteiger charge is -2.24. The first-order valence-corrected chi connectivity index (χ1v) is 5.05. The molecule has 1 saturated carbocycles. The van der Waals surface area contributed by atoms with Gasteiger partial charge in [-0.15, -0.1) is 0 Å². The average Bonchev–Trinajstić information content (AvgIpc) is 2.08. The fraction of sp³-hybridized carbons (Fsp3) is 0.727. The minimum atomic E-state index is -0.498. The van der Waals surface area contributed by atoms with Gasteiger partial charge in [-0.05, 0) is 25.7 Å². The largest absolute Gasteiger partial charge is 0.300 e. The molecular weight excluding hydrogens is 180 g/mol. The lowest BCUT2D eigenvalue weighted by molar-refractivity contribution is -0.136. The maximum Gasteiger partial charge on any atom is 0.150 e. The van der Waals surface area contributed by atoms with Gasteiger partial charge in [-0.2, -0.15) is 0 Å². The highest BCUT2D eigenvalue weighted by Crippen LogP contribution is 2.27. The van der Waals surface area contributed by atoms with E-state index in [-0.39, 0.29) is 23.8 Å². The first-order chi connectivity index (χ1) is 6.50. The topological polar surface area (TPSA) is 51.2 Å². The van der Waals surface area contributed by atoms with Crippen LogP contribution < -0.4 is 0 Å². The Bertz CT molecular complexity index is 268. The highest BCUT2D eigenvalue weighted by Gasteiger charge is 2.31. The van der Waals surface area contributed by atoms with Gasteiger partial charge >= 0.3 is 0 Å². The van der Waals surface area contributed by atoms with E-state index in [0.29, 0.717) is 18.8 Å². The van der Waals surface area contributed by atoms with Gasteiger partial charge in [0, 0.05) is 6.42 Å². The van der Waals surface area contributed by atoms with Crippen LogP contribution in [0, 0.1) is 11.8 Å². The van der Waals surface area contributed by atoms with Gasteiger partial charge in [0.05, 0.1) is 12.3 Å². The molecule has 0 aromatic heterocycles. The quantitative estimate of drug-likeness (QED) is 0.643. The van der Waals surface area contributed by atoms with Gasteiger partial charge in [-0.3, -0.25) is 14.4 Å². The molecule has 0 aromatic carbocycles. The molecule has 3 heteroatoms. The second kappa shape index (κ2) is 4.49. The van der Waals surface area contributed by atoms with Crippen molar-refractivity contribution in [3.63, 3.8) is 0 Å². The number of carbonyl (C=O) groups excluding carboxylic acids is 3. The monoisotopic (exact) mass is 196 g/mol. The molecule has 0 spiro atoms. The molecule has 1 rings (SSSR count). The van der Waals surface area contributed by atoms with Crippen LogP contribution in [0.1, 0.15) is 39.5 Å². The fourth-order valence-electron chi connectivity index (χ4n) is 1.89. The van der Waals surface area contributed by atoms with Gasteiger partial charge in [-0.1, -0.05) is 6.92 Å². The summed E-state index contributed by atoms with van der Waals surface area (Å²) in [5.41, 5.74) is 0. The third-order valence-electron chi connectivity index (χ3n) is 2.72. The summed E-state index contributed by atoms with van der Waals surface area (Å²) in [6.07, 6.45) is 1.92. The van der Waals surface area contributed by atoms with Crippen LogP contribution >= 0.6 is 0 Å². The lowest BCUT2D eigenvalue weighted by Crippen LogP contribution is -2.31.